The first-order valence-electron chi connectivity index (χ1n) is 1.97. The van der Waals surface area contributed by atoms with Gasteiger partial charge in [-0.05, 0) is 22.6 Å². The van der Waals surface area contributed by atoms with Crippen LogP contribution >= 0.6 is 38.5 Å². The fraction of sp³-hybridized carbons (Fsp3) is 0.500. The molecule has 0 aliphatic carbocycles. The fourth-order valence-corrected chi connectivity index (χ4v) is 0.468. The third-order valence-corrected chi connectivity index (χ3v) is 3.03. The number of hydrogen-bond donors (Lipinski definition) is 2. The molecule has 0 spiro atoms. The zero-order valence-corrected chi connectivity index (χ0v) is 7.81. The predicted octanol–water partition coefficient (Wildman–Crippen LogP) is 1.01. The molecule has 48 valence electrons. The number of aliphatic hydroxyl groups is 2. The van der Waals surface area contributed by atoms with Crippen molar-refractivity contribution in [2.45, 2.75) is 0 Å². The van der Waals surface area contributed by atoms with Gasteiger partial charge in [-0.15, -0.1) is 0 Å². The molecular formula is C4H6BrIO2. The fourth-order valence-electron chi connectivity index (χ4n) is 0.172. The van der Waals surface area contributed by atoms with Gasteiger partial charge in [0.2, 0.25) is 0 Å². The molecule has 0 aromatic carbocycles. The van der Waals surface area contributed by atoms with Crippen LogP contribution in [0.3, 0.4) is 0 Å². The highest BCUT2D eigenvalue weighted by Gasteiger charge is 1.94. The number of rotatable bonds is 2. The molecule has 0 heterocycles. The lowest BCUT2D eigenvalue weighted by Gasteiger charge is -1.94. The van der Waals surface area contributed by atoms with E-state index >= 15 is 0 Å². The Balaban J connectivity index is 3.83. The molecule has 0 unspecified atom stereocenters. The van der Waals surface area contributed by atoms with Crippen molar-refractivity contribution in [3.8, 4) is 0 Å². The van der Waals surface area contributed by atoms with Gasteiger partial charge >= 0.3 is 0 Å². The largest absolute Gasteiger partial charge is 0.391 e. The maximum Gasteiger partial charge on any atom is 0.0755 e. The highest BCUT2D eigenvalue weighted by atomic mass is 127. The van der Waals surface area contributed by atoms with Gasteiger partial charge in [-0.25, -0.2) is 0 Å². The normalized spacial score (nSPS) is 13.5. The van der Waals surface area contributed by atoms with Crippen LogP contribution in [0.4, 0.5) is 0 Å². The molecule has 0 rings (SSSR count). The monoisotopic (exact) mass is 292 g/mol. The molecule has 8 heavy (non-hydrogen) atoms. The summed E-state index contributed by atoms with van der Waals surface area (Å²) in [6.07, 6.45) is 0. The molecule has 2 N–H and O–H groups in total. The third kappa shape index (κ3) is 3.01. The van der Waals surface area contributed by atoms with Crippen LogP contribution in [0.1, 0.15) is 0 Å². The van der Waals surface area contributed by atoms with Crippen LogP contribution in [0.2, 0.25) is 0 Å². The lowest BCUT2D eigenvalue weighted by Crippen LogP contribution is -1.88. The van der Waals surface area contributed by atoms with E-state index in [2.05, 4.69) is 15.9 Å². The molecule has 0 amide bonds. The van der Waals surface area contributed by atoms with Crippen molar-refractivity contribution in [1.29, 1.82) is 0 Å². The van der Waals surface area contributed by atoms with Crippen molar-refractivity contribution >= 4 is 38.5 Å². The van der Waals surface area contributed by atoms with Crippen LogP contribution in [-0.2, 0) is 0 Å². The highest BCUT2D eigenvalue weighted by Crippen LogP contribution is 2.16. The van der Waals surface area contributed by atoms with Crippen molar-refractivity contribution in [1.82, 2.24) is 0 Å². The summed E-state index contributed by atoms with van der Waals surface area (Å²) in [6, 6.07) is 0. The molecule has 0 saturated heterocycles. The van der Waals surface area contributed by atoms with Gasteiger partial charge in [0.15, 0.2) is 0 Å². The van der Waals surface area contributed by atoms with Gasteiger partial charge in [-0.1, -0.05) is 15.9 Å². The van der Waals surface area contributed by atoms with Gasteiger partial charge in [0.1, 0.15) is 0 Å². The second kappa shape index (κ2) is 4.72. The van der Waals surface area contributed by atoms with Crippen LogP contribution in [0.15, 0.2) is 8.06 Å². The molecule has 0 atom stereocenters. The van der Waals surface area contributed by atoms with Crippen molar-refractivity contribution in [2.24, 2.45) is 0 Å². The van der Waals surface area contributed by atoms with E-state index in [9.17, 15) is 0 Å². The highest BCUT2D eigenvalue weighted by molar-refractivity contribution is 14.1. The smallest absolute Gasteiger partial charge is 0.0755 e. The minimum absolute atomic E-state index is 0.0122. The average Bonchev–Trinajstić information content (AvgIpc) is 1.84. The Morgan fingerprint density at radius 3 is 2.00 bits per heavy atom. The Morgan fingerprint density at radius 2 is 1.88 bits per heavy atom. The topological polar surface area (TPSA) is 40.5 Å². The van der Waals surface area contributed by atoms with Gasteiger partial charge in [0.05, 0.1) is 13.2 Å². The maximum atomic E-state index is 8.43. The lowest BCUT2D eigenvalue weighted by atomic mass is 10.5. The maximum absolute atomic E-state index is 8.43. The molecule has 0 radical (unpaired) electrons. The minimum Gasteiger partial charge on any atom is -0.391 e. The van der Waals surface area contributed by atoms with Crippen molar-refractivity contribution in [3.63, 3.8) is 0 Å². The summed E-state index contributed by atoms with van der Waals surface area (Å²) in [6.45, 7) is -0.0550. The van der Waals surface area contributed by atoms with E-state index in [4.69, 9.17) is 10.2 Å². The summed E-state index contributed by atoms with van der Waals surface area (Å²) < 4.78 is 1.39. The Labute approximate surface area is 69.9 Å². The van der Waals surface area contributed by atoms with Crippen molar-refractivity contribution in [2.75, 3.05) is 13.2 Å². The zero-order chi connectivity index (χ0) is 6.57. The number of halogens is 2. The molecule has 0 fully saturated rings. The van der Waals surface area contributed by atoms with E-state index in [1.165, 1.54) is 0 Å². The quantitative estimate of drug-likeness (QED) is 0.746. The average molecular weight is 293 g/mol. The van der Waals surface area contributed by atoms with E-state index in [1.807, 2.05) is 22.6 Å². The van der Waals surface area contributed by atoms with Crippen LogP contribution in [0, 0.1) is 0 Å². The lowest BCUT2D eigenvalue weighted by molar-refractivity contribution is 0.326. The van der Waals surface area contributed by atoms with E-state index in [0.717, 1.165) is 3.58 Å². The van der Waals surface area contributed by atoms with E-state index < -0.39 is 0 Å². The summed E-state index contributed by atoms with van der Waals surface area (Å²) >= 11 is 5.02. The Hall–Kier alpha value is 0.870. The summed E-state index contributed by atoms with van der Waals surface area (Å²) in [5.74, 6) is 0. The first-order valence-corrected chi connectivity index (χ1v) is 3.84. The van der Waals surface area contributed by atoms with Crippen LogP contribution < -0.4 is 0 Å². The predicted molar refractivity (Wildman–Crippen MR) is 44.1 cm³/mol. The van der Waals surface area contributed by atoms with E-state index in [0.29, 0.717) is 4.48 Å². The molecule has 4 heteroatoms. The van der Waals surface area contributed by atoms with Crippen LogP contribution in [-0.4, -0.2) is 23.4 Å². The van der Waals surface area contributed by atoms with Gasteiger partial charge in [-0.2, -0.15) is 0 Å². The zero-order valence-electron chi connectivity index (χ0n) is 4.06. The van der Waals surface area contributed by atoms with Gasteiger partial charge < -0.3 is 10.2 Å². The Morgan fingerprint density at radius 1 is 1.38 bits per heavy atom. The summed E-state index contributed by atoms with van der Waals surface area (Å²) in [7, 11) is 0. The molecule has 0 aromatic heterocycles. The molecule has 0 aliphatic heterocycles. The molecule has 0 aliphatic rings. The van der Waals surface area contributed by atoms with Gasteiger partial charge in [0, 0.05) is 8.06 Å². The number of aliphatic hydroxyl groups excluding tert-OH is 2. The standard InChI is InChI=1S/C4H6BrIO2/c5-3(1-7)4(6)2-8/h7-8H,1-2H2/b4-3+. The van der Waals surface area contributed by atoms with E-state index in [1.54, 1.807) is 0 Å². The molecule has 2 nitrogen and oxygen atoms in total. The van der Waals surface area contributed by atoms with Crippen LogP contribution in [0.25, 0.3) is 0 Å². The van der Waals surface area contributed by atoms with Gasteiger partial charge in [-0.3, -0.25) is 0 Å². The summed E-state index contributed by atoms with van der Waals surface area (Å²) in [5, 5.41) is 16.8. The van der Waals surface area contributed by atoms with E-state index in [-0.39, 0.29) is 13.2 Å². The Bertz CT molecular complexity index is 90.2. The van der Waals surface area contributed by atoms with Gasteiger partial charge in [0.25, 0.3) is 0 Å². The second-order valence-corrected chi connectivity index (χ2v) is 3.39. The van der Waals surface area contributed by atoms with Crippen molar-refractivity contribution < 1.29 is 10.2 Å². The molecule has 0 aromatic rings. The second-order valence-electron chi connectivity index (χ2n) is 1.13. The first-order chi connectivity index (χ1) is 3.72. The third-order valence-electron chi connectivity index (χ3n) is 0.572. The SMILES string of the molecule is OC/C(Br)=C(\I)CO. The van der Waals surface area contributed by atoms with Crippen LogP contribution in [0.5, 0.6) is 0 Å². The first kappa shape index (κ1) is 8.87. The molecular weight excluding hydrogens is 287 g/mol. The number of hydrogen-bond acceptors (Lipinski definition) is 2. The Kier molecular flexibility index (Phi) is 5.23. The summed E-state index contributed by atoms with van der Waals surface area (Å²) in [5.41, 5.74) is 0. The summed E-state index contributed by atoms with van der Waals surface area (Å²) in [4.78, 5) is 0. The molecule has 0 saturated carbocycles. The minimum atomic E-state index is -0.0428. The molecule has 0 bridgehead atoms. The van der Waals surface area contributed by atoms with Crippen molar-refractivity contribution in [3.05, 3.63) is 8.06 Å².